The van der Waals surface area contributed by atoms with Crippen molar-refractivity contribution in [3.05, 3.63) is 0 Å². The van der Waals surface area contributed by atoms with Gasteiger partial charge in [0.2, 0.25) is 0 Å². The average Bonchev–Trinajstić information content (AvgIpc) is 2.48. The van der Waals surface area contributed by atoms with E-state index in [1.165, 1.54) is 32.1 Å². The van der Waals surface area contributed by atoms with E-state index >= 15 is 0 Å². The second-order valence-electron chi connectivity index (χ2n) is 4.54. The number of ketones is 1. The monoisotopic (exact) mass is 181 g/mol. The summed E-state index contributed by atoms with van der Waals surface area (Å²) in [4.78, 5) is 13.9. The normalized spacial score (nSPS) is 32.7. The van der Waals surface area contributed by atoms with E-state index in [0.717, 1.165) is 13.0 Å². The van der Waals surface area contributed by atoms with Crippen LogP contribution in [0.4, 0.5) is 0 Å². The first-order valence-electron chi connectivity index (χ1n) is 5.52. The number of likely N-dealkylation sites (tertiary alicyclic amines) is 1. The summed E-state index contributed by atoms with van der Waals surface area (Å²) < 4.78 is 0. The lowest BCUT2D eigenvalue weighted by Gasteiger charge is -2.30. The molecule has 0 amide bonds. The Morgan fingerprint density at radius 1 is 1.23 bits per heavy atom. The molecule has 13 heavy (non-hydrogen) atoms. The third kappa shape index (κ3) is 1.78. The predicted molar refractivity (Wildman–Crippen MR) is 52.6 cm³/mol. The fourth-order valence-electron chi connectivity index (χ4n) is 2.89. The molecule has 0 bridgehead atoms. The van der Waals surface area contributed by atoms with Crippen molar-refractivity contribution in [1.82, 2.24) is 4.90 Å². The van der Waals surface area contributed by atoms with E-state index in [1.807, 2.05) is 0 Å². The molecule has 2 aliphatic rings. The minimum Gasteiger partial charge on any atom is -0.298 e. The van der Waals surface area contributed by atoms with Crippen molar-refractivity contribution in [3.63, 3.8) is 0 Å². The Hall–Kier alpha value is -0.370. The largest absolute Gasteiger partial charge is 0.298 e. The van der Waals surface area contributed by atoms with Crippen LogP contribution in [0.25, 0.3) is 0 Å². The molecule has 2 rings (SSSR count). The molecule has 1 aliphatic carbocycles. The van der Waals surface area contributed by atoms with E-state index in [1.54, 1.807) is 0 Å². The molecule has 2 nitrogen and oxygen atoms in total. The molecule has 0 spiro atoms. The summed E-state index contributed by atoms with van der Waals surface area (Å²) in [5.41, 5.74) is 0. The van der Waals surface area contributed by atoms with Crippen LogP contribution in [0.3, 0.4) is 0 Å². The van der Waals surface area contributed by atoms with Crippen molar-refractivity contribution in [2.24, 2.45) is 5.92 Å². The molecule has 0 aromatic rings. The van der Waals surface area contributed by atoms with Gasteiger partial charge in [-0.15, -0.1) is 0 Å². The van der Waals surface area contributed by atoms with Gasteiger partial charge in [0.05, 0.1) is 6.04 Å². The van der Waals surface area contributed by atoms with E-state index < -0.39 is 0 Å². The summed E-state index contributed by atoms with van der Waals surface area (Å²) in [6.07, 6.45) is 7.39. The maximum Gasteiger partial charge on any atom is 0.151 e. The van der Waals surface area contributed by atoms with Gasteiger partial charge in [-0.25, -0.2) is 0 Å². The third-order valence-corrected chi connectivity index (χ3v) is 3.61. The lowest BCUT2D eigenvalue weighted by Crippen LogP contribution is -2.37. The van der Waals surface area contributed by atoms with Gasteiger partial charge < -0.3 is 0 Å². The molecule has 0 aromatic carbocycles. The minimum absolute atomic E-state index is 0.278. The first kappa shape index (κ1) is 9.20. The summed E-state index contributed by atoms with van der Waals surface area (Å²) in [5, 5.41) is 0. The smallest absolute Gasteiger partial charge is 0.151 e. The molecule has 1 heterocycles. The highest BCUT2D eigenvalue weighted by Gasteiger charge is 2.36. The van der Waals surface area contributed by atoms with Gasteiger partial charge in [-0.3, -0.25) is 9.69 Å². The molecule has 0 radical (unpaired) electrons. The topological polar surface area (TPSA) is 20.3 Å². The molecule has 1 saturated heterocycles. The number of likely N-dealkylation sites (N-methyl/N-ethyl adjacent to an activating group) is 1. The van der Waals surface area contributed by atoms with Crippen LogP contribution < -0.4 is 0 Å². The van der Waals surface area contributed by atoms with Crippen molar-refractivity contribution in [2.45, 2.75) is 44.6 Å². The predicted octanol–water partition coefficient (Wildman–Crippen LogP) is 1.84. The number of hydrogen-bond donors (Lipinski definition) is 0. The van der Waals surface area contributed by atoms with Crippen molar-refractivity contribution in [2.75, 3.05) is 13.6 Å². The Morgan fingerprint density at radius 2 is 1.92 bits per heavy atom. The van der Waals surface area contributed by atoms with E-state index in [9.17, 15) is 4.79 Å². The standard InChI is InChI=1S/C11H19NO/c1-12-8-7-10(13)11(12)9-5-3-2-4-6-9/h9,11H,2-8H2,1H3. The van der Waals surface area contributed by atoms with Crippen LogP contribution in [-0.4, -0.2) is 30.3 Å². The van der Waals surface area contributed by atoms with E-state index in [2.05, 4.69) is 11.9 Å². The number of carbonyl (C=O) groups excluding carboxylic acids is 1. The minimum atomic E-state index is 0.278. The molecule has 1 saturated carbocycles. The zero-order chi connectivity index (χ0) is 9.26. The van der Waals surface area contributed by atoms with Gasteiger partial charge in [-0.2, -0.15) is 0 Å². The number of rotatable bonds is 1. The molecule has 0 N–H and O–H groups in total. The fraction of sp³-hybridized carbons (Fsp3) is 0.909. The first-order chi connectivity index (χ1) is 6.29. The Labute approximate surface area is 80.3 Å². The highest BCUT2D eigenvalue weighted by molar-refractivity contribution is 5.86. The quantitative estimate of drug-likeness (QED) is 0.615. The summed E-state index contributed by atoms with van der Waals surface area (Å²) in [6.45, 7) is 0.986. The van der Waals surface area contributed by atoms with Gasteiger partial charge in [-0.05, 0) is 25.8 Å². The summed E-state index contributed by atoms with van der Waals surface area (Å²) in [5.74, 6) is 1.17. The lowest BCUT2D eigenvalue weighted by atomic mass is 9.82. The Morgan fingerprint density at radius 3 is 2.46 bits per heavy atom. The zero-order valence-electron chi connectivity index (χ0n) is 8.46. The highest BCUT2D eigenvalue weighted by atomic mass is 16.1. The van der Waals surface area contributed by atoms with Crippen LogP contribution in [0.2, 0.25) is 0 Å². The summed E-state index contributed by atoms with van der Waals surface area (Å²) >= 11 is 0. The maximum absolute atomic E-state index is 11.6. The van der Waals surface area contributed by atoms with Crippen molar-refractivity contribution < 1.29 is 4.79 Å². The Balaban J connectivity index is 2.00. The Kier molecular flexibility index (Phi) is 2.68. The average molecular weight is 181 g/mol. The van der Waals surface area contributed by atoms with Crippen LogP contribution in [-0.2, 0) is 4.79 Å². The number of carbonyl (C=O) groups is 1. The molecule has 74 valence electrons. The fourth-order valence-corrected chi connectivity index (χ4v) is 2.89. The van der Waals surface area contributed by atoms with Crippen molar-refractivity contribution in [1.29, 1.82) is 0 Å². The number of nitrogens with zero attached hydrogens (tertiary/aromatic N) is 1. The molecule has 2 fully saturated rings. The summed E-state index contributed by atoms with van der Waals surface area (Å²) in [7, 11) is 2.10. The zero-order valence-corrected chi connectivity index (χ0v) is 8.46. The number of hydrogen-bond acceptors (Lipinski definition) is 2. The molecule has 1 unspecified atom stereocenters. The lowest BCUT2D eigenvalue weighted by molar-refractivity contribution is -0.121. The van der Waals surface area contributed by atoms with Crippen molar-refractivity contribution >= 4 is 5.78 Å². The molecule has 0 aromatic heterocycles. The Bertz CT molecular complexity index is 196. The van der Waals surface area contributed by atoms with Gasteiger partial charge in [0, 0.05) is 13.0 Å². The molecule has 2 heteroatoms. The van der Waals surface area contributed by atoms with Crippen LogP contribution in [0, 0.1) is 5.92 Å². The van der Waals surface area contributed by atoms with Crippen LogP contribution in [0.5, 0.6) is 0 Å². The molecule has 1 aliphatic heterocycles. The molecule has 1 atom stereocenters. The maximum atomic E-state index is 11.6. The second-order valence-corrected chi connectivity index (χ2v) is 4.54. The van der Waals surface area contributed by atoms with E-state index in [4.69, 9.17) is 0 Å². The van der Waals surface area contributed by atoms with Crippen LogP contribution in [0.15, 0.2) is 0 Å². The van der Waals surface area contributed by atoms with Crippen LogP contribution in [0.1, 0.15) is 38.5 Å². The van der Waals surface area contributed by atoms with E-state index in [0.29, 0.717) is 11.7 Å². The number of Topliss-reactive ketones (excluding diaryl/α,β-unsaturated/α-hetero) is 1. The van der Waals surface area contributed by atoms with Crippen molar-refractivity contribution in [3.8, 4) is 0 Å². The van der Waals surface area contributed by atoms with Gasteiger partial charge in [0.1, 0.15) is 0 Å². The first-order valence-corrected chi connectivity index (χ1v) is 5.52. The van der Waals surface area contributed by atoms with Gasteiger partial charge >= 0.3 is 0 Å². The highest BCUT2D eigenvalue weighted by Crippen LogP contribution is 2.31. The van der Waals surface area contributed by atoms with Crippen LogP contribution >= 0.6 is 0 Å². The summed E-state index contributed by atoms with van der Waals surface area (Å²) in [6, 6.07) is 0.278. The van der Waals surface area contributed by atoms with Gasteiger partial charge in [-0.1, -0.05) is 19.3 Å². The molecular weight excluding hydrogens is 162 g/mol. The van der Waals surface area contributed by atoms with Gasteiger partial charge in [0.25, 0.3) is 0 Å². The van der Waals surface area contributed by atoms with Gasteiger partial charge in [0.15, 0.2) is 5.78 Å². The molecular formula is C11H19NO. The SMILES string of the molecule is CN1CCC(=O)C1C1CCCCC1. The third-order valence-electron chi connectivity index (χ3n) is 3.61. The van der Waals surface area contributed by atoms with E-state index in [-0.39, 0.29) is 6.04 Å². The second kappa shape index (κ2) is 3.79.